The largest absolute Gasteiger partial charge is 0.465 e. The van der Waals surface area contributed by atoms with E-state index in [0.717, 1.165) is 0 Å². The first-order valence-corrected chi connectivity index (χ1v) is 6.33. The predicted octanol–water partition coefficient (Wildman–Crippen LogP) is 1.79. The summed E-state index contributed by atoms with van der Waals surface area (Å²) in [7, 11) is 1.80. The number of esters is 1. The fraction of sp³-hybridized carbons (Fsp3) is 0.615. The van der Waals surface area contributed by atoms with E-state index in [9.17, 15) is 4.79 Å². The highest BCUT2D eigenvalue weighted by atomic mass is 16.5. The number of nitrogens with zero attached hydrogens (tertiary/aromatic N) is 2. The van der Waals surface area contributed by atoms with Crippen molar-refractivity contribution >= 4 is 17.6 Å². The summed E-state index contributed by atoms with van der Waals surface area (Å²) in [5.74, 6) is 1.73. The number of aromatic nitrogens is 2. The van der Waals surface area contributed by atoms with Gasteiger partial charge in [0.1, 0.15) is 24.0 Å². The van der Waals surface area contributed by atoms with Crippen LogP contribution in [0.5, 0.6) is 0 Å². The molecule has 1 heterocycles. The molecule has 2 N–H and O–H groups in total. The molecule has 0 aliphatic carbocycles. The minimum atomic E-state index is -0.301. The second-order valence-corrected chi connectivity index (χ2v) is 5.12. The highest BCUT2D eigenvalue weighted by Crippen LogP contribution is 2.21. The smallest absolute Gasteiger partial charge is 0.325 e. The second-order valence-electron chi connectivity index (χ2n) is 5.12. The molecule has 6 heteroatoms. The highest BCUT2D eigenvalue weighted by molar-refractivity contribution is 5.74. The van der Waals surface area contributed by atoms with Gasteiger partial charge in [0.15, 0.2) is 0 Å². The van der Waals surface area contributed by atoms with E-state index in [1.807, 2.05) is 20.8 Å². The summed E-state index contributed by atoms with van der Waals surface area (Å²) in [5.41, 5.74) is -0.160. The Hall–Kier alpha value is -1.85. The molecule has 1 aromatic rings. The summed E-state index contributed by atoms with van der Waals surface area (Å²) in [4.78, 5) is 20.1. The Kier molecular flexibility index (Phi) is 5.09. The van der Waals surface area contributed by atoms with E-state index in [0.29, 0.717) is 24.1 Å². The summed E-state index contributed by atoms with van der Waals surface area (Å²) in [6, 6.07) is 1.76. The fourth-order valence-electron chi connectivity index (χ4n) is 1.38. The van der Waals surface area contributed by atoms with Crippen LogP contribution in [0.1, 0.15) is 33.5 Å². The minimum Gasteiger partial charge on any atom is -0.465 e. The molecule has 1 aromatic heterocycles. The van der Waals surface area contributed by atoms with Gasteiger partial charge in [0.05, 0.1) is 6.61 Å². The summed E-state index contributed by atoms with van der Waals surface area (Å²) in [5, 5.41) is 5.94. The van der Waals surface area contributed by atoms with Crippen molar-refractivity contribution in [1.29, 1.82) is 0 Å². The van der Waals surface area contributed by atoms with E-state index in [-0.39, 0.29) is 17.9 Å². The zero-order valence-corrected chi connectivity index (χ0v) is 12.2. The molecule has 0 atom stereocenters. The van der Waals surface area contributed by atoms with Crippen LogP contribution in [0, 0.1) is 0 Å². The fourth-order valence-corrected chi connectivity index (χ4v) is 1.38. The molecule has 0 radical (unpaired) electrons. The maximum atomic E-state index is 11.3. The second kappa shape index (κ2) is 6.36. The van der Waals surface area contributed by atoms with Gasteiger partial charge in [0.25, 0.3) is 0 Å². The Morgan fingerprint density at radius 3 is 2.47 bits per heavy atom. The Balaban J connectivity index is 2.86. The average Bonchev–Trinajstić information content (AvgIpc) is 2.35. The molecule has 0 fully saturated rings. The number of rotatable bonds is 5. The Labute approximate surface area is 114 Å². The van der Waals surface area contributed by atoms with Crippen LogP contribution in [0.2, 0.25) is 0 Å². The van der Waals surface area contributed by atoms with Gasteiger partial charge in [0.2, 0.25) is 0 Å². The van der Waals surface area contributed by atoms with E-state index in [2.05, 4.69) is 20.6 Å². The predicted molar refractivity (Wildman–Crippen MR) is 75.4 cm³/mol. The molecular formula is C13H22N4O2. The number of hydrogen-bond donors (Lipinski definition) is 2. The van der Waals surface area contributed by atoms with Gasteiger partial charge in [-0.1, -0.05) is 20.8 Å². The summed E-state index contributed by atoms with van der Waals surface area (Å²) in [6.07, 6.45) is 0. The first-order valence-electron chi connectivity index (χ1n) is 6.33. The standard InChI is InChI=1S/C13H22N4O2/c1-6-19-11(18)8-15-10-7-9(14-5)16-12(17-10)13(2,3)4/h7H,6,8H2,1-5H3,(H2,14,15,16,17). The molecule has 19 heavy (non-hydrogen) atoms. The monoisotopic (exact) mass is 266 g/mol. The van der Waals surface area contributed by atoms with Crippen molar-refractivity contribution in [2.75, 3.05) is 30.8 Å². The van der Waals surface area contributed by atoms with Gasteiger partial charge in [-0.2, -0.15) is 0 Å². The van der Waals surface area contributed by atoms with Crippen LogP contribution < -0.4 is 10.6 Å². The number of carbonyl (C=O) groups is 1. The topological polar surface area (TPSA) is 76.1 Å². The molecule has 0 saturated heterocycles. The van der Waals surface area contributed by atoms with Crippen LogP contribution in [-0.2, 0) is 14.9 Å². The SMILES string of the molecule is CCOC(=O)CNc1cc(NC)nc(C(C)(C)C)n1. The number of nitrogens with one attached hydrogen (secondary N) is 2. The molecule has 0 saturated carbocycles. The van der Waals surface area contributed by atoms with Crippen LogP contribution >= 0.6 is 0 Å². The number of carbonyl (C=O) groups excluding carboxylic acids is 1. The van der Waals surface area contributed by atoms with Gasteiger partial charge in [0, 0.05) is 18.5 Å². The van der Waals surface area contributed by atoms with E-state index in [1.54, 1.807) is 20.0 Å². The lowest BCUT2D eigenvalue weighted by Crippen LogP contribution is -2.21. The highest BCUT2D eigenvalue weighted by Gasteiger charge is 2.19. The molecule has 0 aromatic carbocycles. The molecule has 1 rings (SSSR count). The molecule has 0 amide bonds. The Morgan fingerprint density at radius 1 is 1.32 bits per heavy atom. The number of anilines is 2. The third-order valence-electron chi connectivity index (χ3n) is 2.37. The third-order valence-corrected chi connectivity index (χ3v) is 2.37. The number of ether oxygens (including phenoxy) is 1. The molecule has 0 spiro atoms. The lowest BCUT2D eigenvalue weighted by Gasteiger charge is -2.18. The van der Waals surface area contributed by atoms with Crippen molar-refractivity contribution in [1.82, 2.24) is 9.97 Å². The average molecular weight is 266 g/mol. The lowest BCUT2D eigenvalue weighted by molar-refractivity contribution is -0.140. The maximum Gasteiger partial charge on any atom is 0.325 e. The van der Waals surface area contributed by atoms with Crippen molar-refractivity contribution in [3.63, 3.8) is 0 Å². The van der Waals surface area contributed by atoms with Crippen LogP contribution in [0.3, 0.4) is 0 Å². The van der Waals surface area contributed by atoms with Crippen molar-refractivity contribution in [3.8, 4) is 0 Å². The molecule has 6 nitrogen and oxygen atoms in total. The van der Waals surface area contributed by atoms with E-state index in [1.165, 1.54) is 0 Å². The zero-order valence-electron chi connectivity index (χ0n) is 12.2. The van der Waals surface area contributed by atoms with Gasteiger partial charge in [-0.05, 0) is 6.92 Å². The first kappa shape index (κ1) is 15.2. The van der Waals surface area contributed by atoms with Gasteiger partial charge in [-0.25, -0.2) is 9.97 Å². The minimum absolute atomic E-state index is 0.0948. The normalized spacial score (nSPS) is 11.0. The molecular weight excluding hydrogens is 244 g/mol. The molecule has 106 valence electrons. The van der Waals surface area contributed by atoms with Crippen LogP contribution in [0.4, 0.5) is 11.6 Å². The Morgan fingerprint density at radius 2 is 1.95 bits per heavy atom. The maximum absolute atomic E-state index is 11.3. The van der Waals surface area contributed by atoms with Gasteiger partial charge in [-0.3, -0.25) is 4.79 Å². The van der Waals surface area contributed by atoms with Crippen molar-refractivity contribution in [2.24, 2.45) is 0 Å². The van der Waals surface area contributed by atoms with Crippen molar-refractivity contribution in [3.05, 3.63) is 11.9 Å². The van der Waals surface area contributed by atoms with E-state index < -0.39 is 0 Å². The molecule has 0 bridgehead atoms. The van der Waals surface area contributed by atoms with Gasteiger partial charge >= 0.3 is 5.97 Å². The van der Waals surface area contributed by atoms with E-state index in [4.69, 9.17) is 4.74 Å². The molecule has 0 aliphatic heterocycles. The lowest BCUT2D eigenvalue weighted by atomic mass is 9.96. The van der Waals surface area contributed by atoms with Crippen molar-refractivity contribution in [2.45, 2.75) is 33.1 Å². The quantitative estimate of drug-likeness (QED) is 0.791. The van der Waals surface area contributed by atoms with Crippen LogP contribution in [-0.4, -0.2) is 36.1 Å². The molecule has 0 unspecified atom stereocenters. The third kappa shape index (κ3) is 4.73. The number of hydrogen-bond acceptors (Lipinski definition) is 6. The Bertz CT molecular complexity index is 441. The summed E-state index contributed by atoms with van der Waals surface area (Å²) >= 11 is 0. The van der Waals surface area contributed by atoms with Crippen molar-refractivity contribution < 1.29 is 9.53 Å². The van der Waals surface area contributed by atoms with Gasteiger partial charge < -0.3 is 15.4 Å². The van der Waals surface area contributed by atoms with Crippen LogP contribution in [0.25, 0.3) is 0 Å². The molecule has 0 aliphatic rings. The zero-order chi connectivity index (χ0) is 14.5. The van der Waals surface area contributed by atoms with E-state index >= 15 is 0 Å². The summed E-state index contributed by atoms with van der Waals surface area (Å²) in [6.45, 7) is 8.36. The van der Waals surface area contributed by atoms with Crippen LogP contribution in [0.15, 0.2) is 6.07 Å². The first-order chi connectivity index (χ1) is 8.86. The van der Waals surface area contributed by atoms with Gasteiger partial charge in [-0.15, -0.1) is 0 Å². The summed E-state index contributed by atoms with van der Waals surface area (Å²) < 4.78 is 4.86.